The van der Waals surface area contributed by atoms with Crippen LogP contribution in [0.5, 0.6) is 0 Å². The average molecular weight is 468 g/mol. The molecule has 0 saturated carbocycles. The van der Waals surface area contributed by atoms with Crippen molar-refractivity contribution in [3.8, 4) is 11.4 Å². The Labute approximate surface area is 163 Å². The summed E-state index contributed by atoms with van der Waals surface area (Å²) in [6.45, 7) is 0. The second-order valence-electron chi connectivity index (χ2n) is 5.38. The van der Waals surface area contributed by atoms with E-state index in [4.69, 9.17) is 11.6 Å². The van der Waals surface area contributed by atoms with Crippen molar-refractivity contribution in [2.75, 3.05) is 5.75 Å². The zero-order valence-electron chi connectivity index (χ0n) is 13.2. The number of rotatable bonds is 4. The minimum atomic E-state index is -4.25. The summed E-state index contributed by atoms with van der Waals surface area (Å²) >= 11 is 10.2. The Morgan fingerprint density at radius 1 is 1.35 bits per heavy atom. The number of imidazole rings is 1. The molecule has 2 aromatic heterocycles. The first-order chi connectivity index (χ1) is 12.2. The van der Waals surface area contributed by atoms with Crippen LogP contribution in [0.3, 0.4) is 0 Å². The lowest BCUT2D eigenvalue weighted by molar-refractivity contribution is -0.129. The van der Waals surface area contributed by atoms with E-state index >= 15 is 0 Å². The van der Waals surface area contributed by atoms with Crippen molar-refractivity contribution in [1.29, 1.82) is 0 Å². The molecule has 0 bridgehead atoms. The Bertz CT molecular complexity index is 1030. The van der Waals surface area contributed by atoms with Crippen LogP contribution in [-0.2, 0) is 7.05 Å². The number of H-pyrrole nitrogens is 1. The Morgan fingerprint density at radius 3 is 2.73 bits per heavy atom. The lowest BCUT2D eigenvalue weighted by atomic mass is 10.2. The molecule has 0 spiro atoms. The van der Waals surface area contributed by atoms with Crippen molar-refractivity contribution < 1.29 is 13.2 Å². The van der Waals surface area contributed by atoms with Crippen molar-refractivity contribution in [2.24, 2.45) is 7.05 Å². The van der Waals surface area contributed by atoms with Gasteiger partial charge in [-0.3, -0.25) is 9.78 Å². The first-order valence-electron chi connectivity index (χ1n) is 7.27. The van der Waals surface area contributed by atoms with E-state index in [1.807, 2.05) is 0 Å². The van der Waals surface area contributed by atoms with E-state index in [0.717, 1.165) is 11.8 Å². The molecule has 0 atom stereocenters. The zero-order chi connectivity index (χ0) is 19.1. The summed E-state index contributed by atoms with van der Waals surface area (Å²) in [5.74, 6) is 0.264. The molecule has 0 saturated heterocycles. The van der Waals surface area contributed by atoms with Crippen LogP contribution in [0, 0.1) is 0 Å². The third-order valence-corrected chi connectivity index (χ3v) is 5.60. The SMILES string of the molecule is Cn1c(-c2ccc(Cl)c(Br)c2)nc2c(=O)[nH]c(SCCC(F)(F)F)nc21. The minimum Gasteiger partial charge on any atom is -0.312 e. The normalized spacial score (nSPS) is 12.1. The monoisotopic (exact) mass is 466 g/mol. The molecule has 0 aliphatic rings. The second-order valence-corrected chi connectivity index (χ2v) is 7.73. The first kappa shape index (κ1) is 19.2. The fourth-order valence-corrected chi connectivity index (χ4v) is 3.62. The average Bonchev–Trinajstić information content (AvgIpc) is 2.87. The second kappa shape index (κ2) is 7.24. The van der Waals surface area contributed by atoms with Gasteiger partial charge < -0.3 is 4.57 Å². The third kappa shape index (κ3) is 4.07. The van der Waals surface area contributed by atoms with Crippen molar-refractivity contribution in [3.63, 3.8) is 0 Å². The standard InChI is InChI=1S/C15H11BrClF3N4OS/c1-24-11(7-2-3-9(17)8(16)6-7)21-10-12(24)22-14(23-13(10)25)26-5-4-15(18,19)20/h2-3,6H,4-5H2,1H3,(H,22,23,25). The van der Waals surface area contributed by atoms with E-state index in [-0.39, 0.29) is 16.4 Å². The lowest BCUT2D eigenvalue weighted by Gasteiger charge is -2.05. The molecular weight excluding hydrogens is 457 g/mol. The molecule has 2 heterocycles. The maximum Gasteiger partial charge on any atom is 0.389 e. The number of alkyl halides is 3. The van der Waals surface area contributed by atoms with Crippen molar-refractivity contribution >= 4 is 50.5 Å². The summed E-state index contributed by atoms with van der Waals surface area (Å²) in [6.07, 6.45) is -5.21. The van der Waals surface area contributed by atoms with E-state index in [9.17, 15) is 18.0 Å². The number of benzene rings is 1. The predicted octanol–water partition coefficient (Wildman–Crippen LogP) is 4.78. The van der Waals surface area contributed by atoms with Gasteiger partial charge in [0.2, 0.25) is 0 Å². The summed E-state index contributed by atoms with van der Waals surface area (Å²) in [7, 11) is 1.68. The van der Waals surface area contributed by atoms with Crippen LogP contribution in [0.1, 0.15) is 6.42 Å². The van der Waals surface area contributed by atoms with Gasteiger partial charge in [-0.25, -0.2) is 9.97 Å². The van der Waals surface area contributed by atoms with Crippen LogP contribution in [-0.4, -0.2) is 31.4 Å². The molecule has 11 heteroatoms. The summed E-state index contributed by atoms with van der Waals surface area (Å²) in [5.41, 5.74) is 0.630. The summed E-state index contributed by atoms with van der Waals surface area (Å²) < 4.78 is 39.1. The van der Waals surface area contributed by atoms with E-state index < -0.39 is 18.2 Å². The summed E-state index contributed by atoms with van der Waals surface area (Å²) in [6, 6.07) is 5.20. The third-order valence-electron chi connectivity index (χ3n) is 3.51. The van der Waals surface area contributed by atoms with Crippen LogP contribution in [0.2, 0.25) is 5.02 Å². The van der Waals surface area contributed by atoms with E-state index in [2.05, 4.69) is 30.9 Å². The van der Waals surface area contributed by atoms with Gasteiger partial charge in [-0.05, 0) is 34.1 Å². The quantitative estimate of drug-likeness (QED) is 0.443. The highest BCUT2D eigenvalue weighted by molar-refractivity contribution is 9.10. The van der Waals surface area contributed by atoms with E-state index in [1.54, 1.807) is 29.8 Å². The molecule has 0 fully saturated rings. The molecule has 3 rings (SSSR count). The summed E-state index contributed by atoms with van der Waals surface area (Å²) in [5, 5.41) is 0.658. The summed E-state index contributed by atoms with van der Waals surface area (Å²) in [4.78, 5) is 23.3. The minimum absolute atomic E-state index is 0.119. The number of aromatic amines is 1. The topological polar surface area (TPSA) is 63.6 Å². The van der Waals surface area contributed by atoms with Gasteiger partial charge in [0.1, 0.15) is 5.82 Å². The number of nitrogens with zero attached hydrogens (tertiary/aromatic N) is 3. The van der Waals surface area contributed by atoms with Crippen molar-refractivity contribution in [2.45, 2.75) is 17.8 Å². The van der Waals surface area contributed by atoms with Crippen LogP contribution in [0.4, 0.5) is 13.2 Å². The van der Waals surface area contributed by atoms with Gasteiger partial charge in [-0.2, -0.15) is 13.2 Å². The van der Waals surface area contributed by atoms with Crippen LogP contribution in [0.15, 0.2) is 32.6 Å². The fraction of sp³-hybridized carbons (Fsp3) is 0.267. The van der Waals surface area contributed by atoms with Gasteiger partial charge in [0.25, 0.3) is 5.56 Å². The number of aromatic nitrogens is 4. The van der Waals surface area contributed by atoms with Crippen LogP contribution < -0.4 is 5.56 Å². The first-order valence-corrected chi connectivity index (χ1v) is 9.43. The number of hydrogen-bond acceptors (Lipinski definition) is 4. The smallest absolute Gasteiger partial charge is 0.312 e. The lowest BCUT2D eigenvalue weighted by Crippen LogP contribution is -2.11. The van der Waals surface area contributed by atoms with E-state index in [0.29, 0.717) is 26.5 Å². The van der Waals surface area contributed by atoms with Gasteiger partial charge in [0.05, 0.1) is 11.4 Å². The van der Waals surface area contributed by atoms with Crippen molar-refractivity contribution in [1.82, 2.24) is 19.5 Å². The molecule has 0 radical (unpaired) electrons. The maximum absolute atomic E-state index is 12.3. The molecule has 0 unspecified atom stereocenters. The Hall–Kier alpha value is -1.52. The molecule has 0 amide bonds. The molecule has 1 N–H and O–H groups in total. The molecule has 138 valence electrons. The number of hydrogen-bond donors (Lipinski definition) is 1. The molecule has 5 nitrogen and oxygen atoms in total. The van der Waals surface area contributed by atoms with Gasteiger partial charge >= 0.3 is 6.18 Å². The van der Waals surface area contributed by atoms with Crippen LogP contribution in [0.25, 0.3) is 22.6 Å². The Balaban J connectivity index is 1.99. The Morgan fingerprint density at radius 2 is 2.08 bits per heavy atom. The van der Waals surface area contributed by atoms with Crippen molar-refractivity contribution in [3.05, 3.63) is 38.0 Å². The number of halogens is 5. The highest BCUT2D eigenvalue weighted by Crippen LogP contribution is 2.30. The molecule has 3 aromatic rings. The predicted molar refractivity (Wildman–Crippen MR) is 98.7 cm³/mol. The van der Waals surface area contributed by atoms with Gasteiger partial charge in [-0.1, -0.05) is 23.4 Å². The molecule has 0 aliphatic heterocycles. The molecule has 0 aliphatic carbocycles. The fourth-order valence-electron chi connectivity index (χ4n) is 2.28. The molecule has 26 heavy (non-hydrogen) atoms. The van der Waals surface area contributed by atoms with E-state index in [1.165, 1.54) is 0 Å². The highest BCUT2D eigenvalue weighted by Gasteiger charge is 2.26. The zero-order valence-corrected chi connectivity index (χ0v) is 16.4. The van der Waals surface area contributed by atoms with Gasteiger partial charge in [-0.15, -0.1) is 0 Å². The maximum atomic E-state index is 12.3. The number of fused-ring (bicyclic) bond motifs is 1. The van der Waals surface area contributed by atoms with Gasteiger partial charge in [0, 0.05) is 22.8 Å². The van der Waals surface area contributed by atoms with Gasteiger partial charge in [0.15, 0.2) is 16.3 Å². The number of aryl methyl sites for hydroxylation is 1. The number of thioether (sulfide) groups is 1. The van der Waals surface area contributed by atoms with Crippen LogP contribution >= 0.6 is 39.3 Å². The number of nitrogens with one attached hydrogen (secondary N) is 1. The highest BCUT2D eigenvalue weighted by atomic mass is 79.9. The largest absolute Gasteiger partial charge is 0.389 e. The molecular formula is C15H11BrClF3N4OS. The molecule has 1 aromatic carbocycles. The Kier molecular flexibility index (Phi) is 5.36.